The molecule has 0 aliphatic carbocycles. The van der Waals surface area contributed by atoms with Gasteiger partial charge in [-0.25, -0.2) is 8.42 Å². The quantitative estimate of drug-likeness (QED) is 0.517. The van der Waals surface area contributed by atoms with Crippen LogP contribution < -0.4 is 4.31 Å². The van der Waals surface area contributed by atoms with Gasteiger partial charge in [-0.05, 0) is 42.7 Å². The zero-order valence-electron chi connectivity index (χ0n) is 17.8. The standard InChI is InChI=1S/C26H26N2O2S/c1-3-9-25-26(20-10-5-4-6-11-20)23(18-27)22-12-7-8-13-24(22)28(25)31(29,30)21-16-14-19(2)15-17-21/h4-8,10-17,23,25-26H,3,9H2,1-2H3/t23-,25+,26+/m1/s1. The molecule has 0 spiro atoms. The molecule has 0 N–H and O–H groups in total. The van der Waals surface area contributed by atoms with E-state index in [4.69, 9.17) is 0 Å². The van der Waals surface area contributed by atoms with Crippen LogP contribution in [0.15, 0.2) is 83.8 Å². The number of nitriles is 1. The van der Waals surface area contributed by atoms with Gasteiger partial charge in [0.25, 0.3) is 10.0 Å². The molecule has 5 heteroatoms. The summed E-state index contributed by atoms with van der Waals surface area (Å²) in [6.45, 7) is 4.00. The summed E-state index contributed by atoms with van der Waals surface area (Å²) in [7, 11) is -3.81. The third-order valence-corrected chi connectivity index (χ3v) is 7.92. The minimum absolute atomic E-state index is 0.249. The van der Waals surface area contributed by atoms with Gasteiger partial charge in [0.2, 0.25) is 0 Å². The number of benzene rings is 3. The fraction of sp³-hybridized carbons (Fsp3) is 0.269. The van der Waals surface area contributed by atoms with Crippen LogP contribution in [-0.4, -0.2) is 14.5 Å². The molecule has 3 aromatic rings. The predicted molar refractivity (Wildman–Crippen MR) is 124 cm³/mol. The number of aryl methyl sites for hydroxylation is 1. The molecule has 3 atom stereocenters. The lowest BCUT2D eigenvalue weighted by Crippen LogP contribution is -2.49. The van der Waals surface area contributed by atoms with Crippen LogP contribution in [0, 0.1) is 18.3 Å². The summed E-state index contributed by atoms with van der Waals surface area (Å²) in [6, 6.07) is 26.4. The van der Waals surface area contributed by atoms with Crippen molar-refractivity contribution >= 4 is 15.7 Å². The van der Waals surface area contributed by atoms with Crippen molar-refractivity contribution in [1.82, 2.24) is 0 Å². The third-order valence-electron chi connectivity index (χ3n) is 6.07. The molecule has 0 fully saturated rings. The zero-order chi connectivity index (χ0) is 22.0. The Morgan fingerprint density at radius 3 is 2.23 bits per heavy atom. The van der Waals surface area contributed by atoms with Crippen LogP contribution in [0.3, 0.4) is 0 Å². The van der Waals surface area contributed by atoms with Gasteiger partial charge in [0.1, 0.15) is 0 Å². The summed E-state index contributed by atoms with van der Waals surface area (Å²) in [5.41, 5.74) is 3.38. The van der Waals surface area contributed by atoms with E-state index >= 15 is 0 Å². The van der Waals surface area contributed by atoms with E-state index in [0.717, 1.165) is 23.1 Å². The Bertz CT molecular complexity index is 1200. The molecule has 1 aliphatic heterocycles. The Labute approximate surface area is 184 Å². The summed E-state index contributed by atoms with van der Waals surface area (Å²) in [5.74, 6) is -0.666. The second-order valence-electron chi connectivity index (χ2n) is 8.07. The van der Waals surface area contributed by atoms with E-state index < -0.39 is 15.9 Å². The molecule has 1 heterocycles. The van der Waals surface area contributed by atoms with E-state index in [2.05, 4.69) is 13.0 Å². The van der Waals surface area contributed by atoms with Crippen LogP contribution in [0.5, 0.6) is 0 Å². The molecule has 1 aliphatic rings. The summed E-state index contributed by atoms with van der Waals surface area (Å²) in [6.07, 6.45) is 1.48. The topological polar surface area (TPSA) is 61.2 Å². The van der Waals surface area contributed by atoms with Crippen LogP contribution in [0.2, 0.25) is 0 Å². The first-order chi connectivity index (χ1) is 15.0. The summed E-state index contributed by atoms with van der Waals surface area (Å²) >= 11 is 0. The highest BCUT2D eigenvalue weighted by molar-refractivity contribution is 7.92. The molecule has 0 amide bonds. The molecule has 0 saturated carbocycles. The number of fused-ring (bicyclic) bond motifs is 1. The van der Waals surface area contributed by atoms with Gasteiger partial charge in [0, 0.05) is 5.92 Å². The average Bonchev–Trinajstić information content (AvgIpc) is 2.79. The molecule has 158 valence electrons. The van der Waals surface area contributed by atoms with Crippen molar-refractivity contribution in [2.24, 2.45) is 0 Å². The monoisotopic (exact) mass is 430 g/mol. The van der Waals surface area contributed by atoms with Gasteiger partial charge in [0.05, 0.1) is 28.6 Å². The first kappa shape index (κ1) is 21.1. The molecule has 0 bridgehead atoms. The number of para-hydroxylation sites is 1. The predicted octanol–water partition coefficient (Wildman–Crippen LogP) is 5.76. The second kappa shape index (κ2) is 8.56. The molecule has 0 unspecified atom stereocenters. The third kappa shape index (κ3) is 3.73. The Balaban J connectivity index is 1.97. The summed E-state index contributed by atoms with van der Waals surface area (Å²) in [5, 5.41) is 10.2. The van der Waals surface area contributed by atoms with E-state index in [1.807, 2.05) is 73.7 Å². The molecule has 31 heavy (non-hydrogen) atoms. The Hall–Kier alpha value is -3.10. The van der Waals surface area contributed by atoms with Gasteiger partial charge in [-0.1, -0.05) is 79.6 Å². The summed E-state index contributed by atoms with van der Waals surface area (Å²) in [4.78, 5) is 0.274. The molecular formula is C26H26N2O2S. The van der Waals surface area contributed by atoms with Crippen molar-refractivity contribution in [2.45, 2.75) is 49.5 Å². The second-order valence-corrected chi connectivity index (χ2v) is 9.89. The van der Waals surface area contributed by atoms with E-state index in [-0.39, 0.29) is 16.9 Å². The van der Waals surface area contributed by atoms with Gasteiger partial charge in [-0.2, -0.15) is 5.26 Å². The highest BCUT2D eigenvalue weighted by Crippen LogP contribution is 2.49. The Morgan fingerprint density at radius 1 is 0.935 bits per heavy atom. The number of rotatable bonds is 5. The normalized spacial score (nSPS) is 20.7. The smallest absolute Gasteiger partial charge is 0.262 e. The number of hydrogen-bond donors (Lipinski definition) is 0. The Morgan fingerprint density at radius 2 is 1.58 bits per heavy atom. The van der Waals surface area contributed by atoms with Gasteiger partial charge in [-0.3, -0.25) is 4.31 Å². The van der Waals surface area contributed by atoms with Crippen molar-refractivity contribution in [3.63, 3.8) is 0 Å². The maximum Gasteiger partial charge on any atom is 0.264 e. The highest BCUT2D eigenvalue weighted by atomic mass is 32.2. The van der Waals surface area contributed by atoms with E-state index in [9.17, 15) is 13.7 Å². The van der Waals surface area contributed by atoms with Gasteiger partial charge < -0.3 is 0 Å². The van der Waals surface area contributed by atoms with Crippen molar-refractivity contribution in [3.05, 3.63) is 95.6 Å². The molecule has 0 saturated heterocycles. The highest BCUT2D eigenvalue weighted by Gasteiger charge is 2.46. The van der Waals surface area contributed by atoms with Crippen molar-refractivity contribution in [1.29, 1.82) is 5.26 Å². The fourth-order valence-electron chi connectivity index (χ4n) is 4.66. The van der Waals surface area contributed by atoms with Crippen LogP contribution >= 0.6 is 0 Å². The zero-order valence-corrected chi connectivity index (χ0v) is 18.6. The van der Waals surface area contributed by atoms with Crippen molar-refractivity contribution in [2.75, 3.05) is 4.31 Å². The molecule has 4 rings (SSSR count). The lowest BCUT2D eigenvalue weighted by molar-refractivity contribution is 0.443. The maximum atomic E-state index is 14.0. The SMILES string of the molecule is CCC[C@H]1[C@@H](c2ccccc2)[C@H](C#N)c2ccccc2N1S(=O)(=O)c1ccc(C)cc1. The van der Waals surface area contributed by atoms with E-state index in [1.165, 1.54) is 0 Å². The first-order valence-corrected chi connectivity index (χ1v) is 12.1. The molecule has 0 radical (unpaired) electrons. The van der Waals surface area contributed by atoms with E-state index in [1.54, 1.807) is 16.4 Å². The molecule has 0 aromatic heterocycles. The average molecular weight is 431 g/mol. The number of anilines is 1. The van der Waals surface area contributed by atoms with E-state index in [0.29, 0.717) is 12.1 Å². The molecular weight excluding hydrogens is 404 g/mol. The first-order valence-electron chi connectivity index (χ1n) is 10.6. The fourth-order valence-corrected chi connectivity index (χ4v) is 6.38. The largest absolute Gasteiger partial charge is 0.264 e. The van der Waals surface area contributed by atoms with Crippen LogP contribution in [0.25, 0.3) is 0 Å². The van der Waals surface area contributed by atoms with Crippen molar-refractivity contribution < 1.29 is 8.42 Å². The van der Waals surface area contributed by atoms with Gasteiger partial charge >= 0.3 is 0 Å². The minimum Gasteiger partial charge on any atom is -0.262 e. The lowest BCUT2D eigenvalue weighted by atomic mass is 9.73. The molecule has 3 aromatic carbocycles. The van der Waals surface area contributed by atoms with Gasteiger partial charge in [0.15, 0.2) is 0 Å². The number of sulfonamides is 1. The van der Waals surface area contributed by atoms with Gasteiger partial charge in [-0.15, -0.1) is 0 Å². The summed E-state index contributed by atoms with van der Waals surface area (Å²) < 4.78 is 29.5. The van der Waals surface area contributed by atoms with Crippen LogP contribution in [-0.2, 0) is 10.0 Å². The number of nitrogens with zero attached hydrogens (tertiary/aromatic N) is 2. The number of hydrogen-bond acceptors (Lipinski definition) is 3. The Kier molecular flexibility index (Phi) is 5.84. The maximum absolute atomic E-state index is 14.0. The minimum atomic E-state index is -3.81. The van der Waals surface area contributed by atoms with Crippen LogP contribution in [0.4, 0.5) is 5.69 Å². The van der Waals surface area contributed by atoms with Crippen molar-refractivity contribution in [3.8, 4) is 6.07 Å². The lowest BCUT2D eigenvalue weighted by Gasteiger charge is -2.45. The molecule has 4 nitrogen and oxygen atoms in total. The van der Waals surface area contributed by atoms with Crippen LogP contribution in [0.1, 0.15) is 48.3 Å².